The normalized spacial score (nSPS) is 12.1. The number of pyridine rings is 1. The Morgan fingerprint density at radius 2 is 1.11 bits per heavy atom. The van der Waals surface area contributed by atoms with Crippen LogP contribution in [0.3, 0.4) is 0 Å². The van der Waals surface area contributed by atoms with Crippen molar-refractivity contribution in [2.45, 2.75) is 42.3 Å². The molecule has 1 unspecified atom stereocenters. The van der Waals surface area contributed by atoms with Crippen LogP contribution >= 0.6 is 11.8 Å². The fourth-order valence-electron chi connectivity index (χ4n) is 6.60. The van der Waals surface area contributed by atoms with Gasteiger partial charge >= 0.3 is 18.1 Å². The summed E-state index contributed by atoms with van der Waals surface area (Å²) in [6.07, 6.45) is -3.02. The van der Waals surface area contributed by atoms with Crippen LogP contribution in [0.4, 0.5) is 19.0 Å². The third-order valence-electron chi connectivity index (χ3n) is 9.57. The number of nitrogens with one attached hydrogen (secondary N) is 3. The molecule has 10 nitrogen and oxygen atoms in total. The fraction of sp³-hybridized carbons (Fsp3) is 0.188. The summed E-state index contributed by atoms with van der Waals surface area (Å²) in [6.45, 7) is 0.523. The van der Waals surface area contributed by atoms with Crippen molar-refractivity contribution in [3.8, 4) is 11.1 Å². The number of benzene rings is 5. The molecule has 6 rings (SSSR count). The number of carbonyl (C=O) groups is 4. The Labute approximate surface area is 361 Å². The van der Waals surface area contributed by atoms with Crippen LogP contribution in [0.5, 0.6) is 0 Å². The van der Waals surface area contributed by atoms with Crippen molar-refractivity contribution in [1.82, 2.24) is 15.6 Å². The second-order valence-electron chi connectivity index (χ2n) is 13.9. The fourth-order valence-corrected chi connectivity index (χ4v) is 8.16. The van der Waals surface area contributed by atoms with Gasteiger partial charge < -0.3 is 26.2 Å². The summed E-state index contributed by atoms with van der Waals surface area (Å²) in [7, 11) is 0. The third kappa shape index (κ3) is 13.3. The van der Waals surface area contributed by atoms with Gasteiger partial charge in [-0.2, -0.15) is 13.2 Å². The van der Waals surface area contributed by atoms with Gasteiger partial charge in [0.2, 0.25) is 11.8 Å². The molecule has 5 aromatic carbocycles. The second-order valence-corrected chi connectivity index (χ2v) is 15.1. The molecular weight excluding hydrogens is 818 g/mol. The minimum Gasteiger partial charge on any atom is -0.481 e. The molecule has 1 aromatic heterocycles. The number of halogens is 3. The van der Waals surface area contributed by atoms with E-state index in [1.807, 2.05) is 127 Å². The number of amides is 2. The van der Waals surface area contributed by atoms with Gasteiger partial charge in [0.15, 0.2) is 0 Å². The highest BCUT2D eigenvalue weighted by molar-refractivity contribution is 8.00. The molecule has 0 fully saturated rings. The van der Waals surface area contributed by atoms with E-state index in [0.717, 1.165) is 33.6 Å². The third-order valence-corrected chi connectivity index (χ3v) is 11.2. The molecule has 0 saturated heterocycles. The van der Waals surface area contributed by atoms with Crippen LogP contribution < -0.4 is 16.0 Å². The molecule has 0 bridgehead atoms. The van der Waals surface area contributed by atoms with Gasteiger partial charge in [-0.25, -0.2) is 9.78 Å². The van der Waals surface area contributed by atoms with Gasteiger partial charge in [-0.05, 0) is 51.9 Å². The number of thioether (sulfide) groups is 1. The number of aliphatic carboxylic acids is 2. The summed E-state index contributed by atoms with van der Waals surface area (Å²) >= 11 is 1.56. The van der Waals surface area contributed by atoms with Crippen LogP contribution in [0.1, 0.15) is 47.6 Å². The standard InChI is InChI=1S/C46H44N4O4S.C2HF3O2/c51-43(25-15-31-48-42-24-13-14-30-47-42)49-41(45(54)50-40(32-44(52)53)36-28-26-35(27-29-36)34-16-5-1-6-17-34)33-55-46(37-18-7-2-8-19-37,38-20-9-3-10-21-38)39-22-11-4-12-23-39;3-2(4,5)1(6)7/h1-14,16-24,26-30,40-41H,15,25,31-33H2,(H,47,48)(H,49,51)(H,50,54)(H,52,53);(H,6,7)/t40?,41-;/m1./s1. The Kier molecular flexibility index (Phi) is 16.8. The summed E-state index contributed by atoms with van der Waals surface area (Å²) in [6, 6.07) is 51.6. The summed E-state index contributed by atoms with van der Waals surface area (Å²) in [4.78, 5) is 53.3. The van der Waals surface area contributed by atoms with Crippen molar-refractivity contribution in [2.24, 2.45) is 0 Å². The van der Waals surface area contributed by atoms with Crippen molar-refractivity contribution >= 4 is 41.3 Å². The molecule has 1 heterocycles. The Bertz CT molecular complexity index is 2230. The zero-order valence-electron chi connectivity index (χ0n) is 33.4. The number of carbonyl (C=O) groups excluding carboxylic acids is 2. The van der Waals surface area contributed by atoms with Gasteiger partial charge in [0.25, 0.3) is 0 Å². The number of hydrogen-bond acceptors (Lipinski definition) is 7. The molecule has 320 valence electrons. The smallest absolute Gasteiger partial charge is 0.481 e. The van der Waals surface area contributed by atoms with Gasteiger partial charge in [0.05, 0.1) is 17.2 Å². The number of anilines is 1. The first kappa shape index (κ1) is 46.1. The zero-order valence-corrected chi connectivity index (χ0v) is 34.2. The van der Waals surface area contributed by atoms with Crippen molar-refractivity contribution in [2.75, 3.05) is 17.6 Å². The average molecular weight is 863 g/mol. The molecular formula is C48H45F3N4O6S. The molecule has 0 saturated carbocycles. The number of carboxylic acid groups (broad SMARTS) is 2. The summed E-state index contributed by atoms with van der Waals surface area (Å²) in [5, 5.41) is 26.3. The van der Waals surface area contributed by atoms with E-state index < -0.39 is 40.9 Å². The van der Waals surface area contributed by atoms with Crippen LogP contribution in [0.25, 0.3) is 11.1 Å². The van der Waals surface area contributed by atoms with Crippen LogP contribution in [0.15, 0.2) is 170 Å². The van der Waals surface area contributed by atoms with Crippen LogP contribution in [0, 0.1) is 0 Å². The van der Waals surface area contributed by atoms with E-state index in [0.29, 0.717) is 18.5 Å². The quantitative estimate of drug-likeness (QED) is 0.0420. The maximum absolute atomic E-state index is 14.4. The first-order valence-electron chi connectivity index (χ1n) is 19.6. The van der Waals surface area contributed by atoms with Gasteiger partial charge in [-0.15, -0.1) is 11.8 Å². The average Bonchev–Trinajstić information content (AvgIpc) is 3.29. The molecule has 14 heteroatoms. The van der Waals surface area contributed by atoms with Gasteiger partial charge in [-0.1, -0.05) is 152 Å². The molecule has 0 radical (unpaired) electrons. The molecule has 5 N–H and O–H groups in total. The predicted molar refractivity (Wildman–Crippen MR) is 234 cm³/mol. The van der Waals surface area contributed by atoms with Gasteiger partial charge in [0.1, 0.15) is 11.9 Å². The lowest BCUT2D eigenvalue weighted by molar-refractivity contribution is -0.192. The Balaban J connectivity index is 0.000000955. The van der Waals surface area contributed by atoms with Gasteiger partial charge in [0, 0.05) is 24.9 Å². The Hall–Kier alpha value is -6.93. The highest BCUT2D eigenvalue weighted by Crippen LogP contribution is 2.48. The van der Waals surface area contributed by atoms with E-state index in [9.17, 15) is 32.7 Å². The maximum Gasteiger partial charge on any atom is 0.490 e. The minimum atomic E-state index is -5.08. The van der Waals surface area contributed by atoms with E-state index >= 15 is 0 Å². The largest absolute Gasteiger partial charge is 0.490 e. The number of carboxylic acids is 2. The Morgan fingerprint density at radius 3 is 1.58 bits per heavy atom. The van der Waals surface area contributed by atoms with E-state index in [-0.39, 0.29) is 24.5 Å². The van der Waals surface area contributed by atoms with Crippen molar-refractivity contribution in [1.29, 1.82) is 0 Å². The first-order valence-corrected chi connectivity index (χ1v) is 20.6. The highest BCUT2D eigenvalue weighted by atomic mass is 32.2. The lowest BCUT2D eigenvalue weighted by Gasteiger charge is -2.36. The van der Waals surface area contributed by atoms with E-state index in [2.05, 4.69) is 57.3 Å². The highest BCUT2D eigenvalue weighted by Gasteiger charge is 2.39. The van der Waals surface area contributed by atoms with Crippen LogP contribution in [0.2, 0.25) is 0 Å². The summed E-state index contributed by atoms with van der Waals surface area (Å²) in [5.41, 5.74) is 5.72. The van der Waals surface area contributed by atoms with Crippen molar-refractivity contribution in [3.63, 3.8) is 0 Å². The SMILES string of the molecule is O=C(O)C(F)(F)F.O=C(O)CC(NC(=O)[C@@H](CSC(c1ccccc1)(c1ccccc1)c1ccccc1)NC(=O)CCCNc1ccccn1)c1ccc(-c2ccccc2)cc1. The number of aromatic nitrogens is 1. The molecule has 0 aliphatic carbocycles. The number of rotatable bonds is 18. The topological polar surface area (TPSA) is 158 Å². The van der Waals surface area contributed by atoms with Crippen LogP contribution in [-0.2, 0) is 23.9 Å². The van der Waals surface area contributed by atoms with E-state index in [1.165, 1.54) is 0 Å². The summed E-state index contributed by atoms with van der Waals surface area (Å²) < 4.78 is 31.0. The molecule has 0 aliphatic rings. The molecule has 62 heavy (non-hydrogen) atoms. The van der Waals surface area contributed by atoms with E-state index in [1.54, 1.807) is 18.0 Å². The summed E-state index contributed by atoms with van der Waals surface area (Å²) in [5.74, 6) is -3.65. The molecule has 0 aliphatic heterocycles. The zero-order chi connectivity index (χ0) is 44.4. The van der Waals surface area contributed by atoms with Crippen molar-refractivity contribution < 1.29 is 42.6 Å². The lowest BCUT2D eigenvalue weighted by Crippen LogP contribution is -2.50. The predicted octanol–water partition coefficient (Wildman–Crippen LogP) is 9.12. The molecule has 2 amide bonds. The number of hydrogen-bond donors (Lipinski definition) is 5. The maximum atomic E-state index is 14.4. The van der Waals surface area contributed by atoms with E-state index in [4.69, 9.17) is 9.90 Å². The second kappa shape index (κ2) is 22.6. The lowest BCUT2D eigenvalue weighted by atomic mass is 9.84. The first-order chi connectivity index (χ1) is 29.9. The van der Waals surface area contributed by atoms with Crippen molar-refractivity contribution in [3.05, 3.63) is 192 Å². The number of nitrogens with zero attached hydrogens (tertiary/aromatic N) is 1. The van der Waals surface area contributed by atoms with Gasteiger partial charge in [-0.3, -0.25) is 14.4 Å². The van der Waals surface area contributed by atoms with Crippen LogP contribution in [-0.4, -0.2) is 63.5 Å². The minimum absolute atomic E-state index is 0.176. The molecule has 6 aromatic rings. The number of alkyl halides is 3. The molecule has 2 atom stereocenters. The Morgan fingerprint density at radius 1 is 0.629 bits per heavy atom. The monoisotopic (exact) mass is 862 g/mol. The molecule has 0 spiro atoms.